The molecular formula is C16H14ClNO2. The molecule has 0 unspecified atom stereocenters. The Labute approximate surface area is 122 Å². The number of hydrogen-bond acceptors (Lipinski definition) is 2. The molecule has 0 saturated heterocycles. The highest BCUT2D eigenvalue weighted by Crippen LogP contribution is 2.48. The number of benzene rings is 2. The van der Waals surface area contributed by atoms with Gasteiger partial charge in [-0.1, -0.05) is 41.9 Å². The highest BCUT2D eigenvalue weighted by Gasteiger charge is 2.51. The van der Waals surface area contributed by atoms with Gasteiger partial charge in [0.15, 0.2) is 0 Å². The lowest BCUT2D eigenvalue weighted by Gasteiger charge is -2.11. The second kappa shape index (κ2) is 4.53. The Morgan fingerprint density at radius 3 is 2.30 bits per heavy atom. The molecule has 2 aromatic carbocycles. The summed E-state index contributed by atoms with van der Waals surface area (Å²) in [5.41, 5.74) is 8.35. The summed E-state index contributed by atoms with van der Waals surface area (Å²) >= 11 is 6.18. The van der Waals surface area contributed by atoms with Crippen LogP contribution in [0.2, 0.25) is 5.02 Å². The minimum Gasteiger partial charge on any atom is -0.481 e. The molecule has 3 nitrogen and oxygen atoms in total. The molecule has 1 saturated carbocycles. The second-order valence-corrected chi connectivity index (χ2v) is 5.61. The van der Waals surface area contributed by atoms with Crippen LogP contribution in [0.5, 0.6) is 0 Å². The van der Waals surface area contributed by atoms with Crippen LogP contribution >= 0.6 is 11.6 Å². The third-order valence-corrected chi connectivity index (χ3v) is 4.21. The first-order valence-electron chi connectivity index (χ1n) is 6.42. The van der Waals surface area contributed by atoms with Crippen LogP contribution < -0.4 is 5.73 Å². The predicted molar refractivity (Wildman–Crippen MR) is 79.8 cm³/mol. The molecule has 0 spiro atoms. The second-order valence-electron chi connectivity index (χ2n) is 5.20. The van der Waals surface area contributed by atoms with Crippen molar-refractivity contribution in [2.45, 2.75) is 18.3 Å². The molecule has 4 heteroatoms. The van der Waals surface area contributed by atoms with Gasteiger partial charge in [-0.3, -0.25) is 4.79 Å². The van der Waals surface area contributed by atoms with Crippen molar-refractivity contribution < 1.29 is 9.90 Å². The summed E-state index contributed by atoms with van der Waals surface area (Å²) in [4.78, 5) is 11.3. The van der Waals surface area contributed by atoms with Gasteiger partial charge in [-0.2, -0.15) is 0 Å². The number of hydrogen-bond donors (Lipinski definition) is 2. The van der Waals surface area contributed by atoms with Crippen LogP contribution in [0.15, 0.2) is 42.5 Å². The molecule has 0 bridgehead atoms. The van der Waals surface area contributed by atoms with Crippen molar-refractivity contribution in [2.24, 2.45) is 0 Å². The van der Waals surface area contributed by atoms with Crippen molar-refractivity contribution in [3.8, 4) is 11.1 Å². The summed E-state index contributed by atoms with van der Waals surface area (Å²) in [6, 6.07) is 13.0. The van der Waals surface area contributed by atoms with E-state index in [1.165, 1.54) is 0 Å². The zero-order chi connectivity index (χ0) is 14.3. The van der Waals surface area contributed by atoms with E-state index in [1.807, 2.05) is 30.3 Å². The van der Waals surface area contributed by atoms with E-state index in [9.17, 15) is 9.90 Å². The highest BCUT2D eigenvalue weighted by molar-refractivity contribution is 6.33. The molecule has 0 heterocycles. The number of anilines is 1. The molecule has 20 heavy (non-hydrogen) atoms. The summed E-state index contributed by atoms with van der Waals surface area (Å²) in [7, 11) is 0. The Bertz CT molecular complexity index is 675. The zero-order valence-electron chi connectivity index (χ0n) is 10.8. The molecule has 1 aliphatic rings. The Balaban J connectivity index is 1.96. The first-order chi connectivity index (χ1) is 9.53. The Kier molecular flexibility index (Phi) is 2.94. The van der Waals surface area contributed by atoms with Gasteiger partial charge in [0.2, 0.25) is 0 Å². The Morgan fingerprint density at radius 2 is 1.80 bits per heavy atom. The number of nitrogens with two attached hydrogens (primary N) is 1. The van der Waals surface area contributed by atoms with Crippen molar-refractivity contribution in [1.82, 2.24) is 0 Å². The molecule has 0 atom stereocenters. The van der Waals surface area contributed by atoms with E-state index < -0.39 is 11.4 Å². The van der Waals surface area contributed by atoms with E-state index in [-0.39, 0.29) is 0 Å². The topological polar surface area (TPSA) is 63.3 Å². The molecule has 1 aliphatic carbocycles. The largest absolute Gasteiger partial charge is 0.481 e. The molecular weight excluding hydrogens is 274 g/mol. The zero-order valence-corrected chi connectivity index (χ0v) is 11.5. The Morgan fingerprint density at radius 1 is 1.15 bits per heavy atom. The van der Waals surface area contributed by atoms with Crippen LogP contribution in [0.25, 0.3) is 11.1 Å². The maximum absolute atomic E-state index is 11.3. The number of nitrogen functional groups attached to an aromatic ring is 1. The number of rotatable bonds is 3. The van der Waals surface area contributed by atoms with E-state index >= 15 is 0 Å². The molecule has 0 aromatic heterocycles. The summed E-state index contributed by atoms with van der Waals surface area (Å²) < 4.78 is 0. The quantitative estimate of drug-likeness (QED) is 0.846. The van der Waals surface area contributed by atoms with Gasteiger partial charge in [-0.15, -0.1) is 0 Å². The predicted octanol–water partition coefficient (Wildman–Crippen LogP) is 3.71. The molecule has 3 N–H and O–H groups in total. The van der Waals surface area contributed by atoms with E-state index in [1.54, 1.807) is 12.1 Å². The van der Waals surface area contributed by atoms with Gasteiger partial charge in [0.05, 0.1) is 10.4 Å². The fraction of sp³-hybridized carbons (Fsp3) is 0.188. The van der Waals surface area contributed by atoms with E-state index in [0.717, 1.165) is 16.7 Å². The lowest BCUT2D eigenvalue weighted by atomic mass is 9.94. The monoisotopic (exact) mass is 287 g/mol. The number of carboxylic acids is 1. The molecule has 3 rings (SSSR count). The molecule has 1 fully saturated rings. The third kappa shape index (κ3) is 2.04. The van der Waals surface area contributed by atoms with Gasteiger partial charge in [-0.25, -0.2) is 0 Å². The van der Waals surface area contributed by atoms with Crippen molar-refractivity contribution in [2.75, 3.05) is 5.73 Å². The maximum Gasteiger partial charge on any atom is 0.314 e. The van der Waals surface area contributed by atoms with Crippen LogP contribution in [-0.2, 0) is 10.2 Å². The van der Waals surface area contributed by atoms with Crippen LogP contribution in [0.1, 0.15) is 18.4 Å². The standard InChI is InChI=1S/C16H14ClNO2/c17-14-9-12(18)5-6-13(14)10-1-3-11(4-2-10)16(7-8-16)15(19)20/h1-6,9H,7-8,18H2,(H,19,20). The van der Waals surface area contributed by atoms with E-state index in [2.05, 4.69) is 0 Å². The molecule has 0 amide bonds. The minimum absolute atomic E-state index is 0.595. The number of halogens is 1. The smallest absolute Gasteiger partial charge is 0.314 e. The normalized spacial score (nSPS) is 15.8. The maximum atomic E-state index is 11.3. The van der Waals surface area contributed by atoms with E-state index in [4.69, 9.17) is 17.3 Å². The van der Waals surface area contributed by atoms with Crippen molar-refractivity contribution in [1.29, 1.82) is 0 Å². The SMILES string of the molecule is Nc1ccc(-c2ccc(C3(C(=O)O)CC3)cc2)c(Cl)c1. The van der Waals surface area contributed by atoms with Crippen LogP contribution in [0.3, 0.4) is 0 Å². The summed E-state index contributed by atoms with van der Waals surface area (Å²) in [5.74, 6) is -0.740. The van der Waals surface area contributed by atoms with Gasteiger partial charge in [0, 0.05) is 11.3 Å². The van der Waals surface area contributed by atoms with Crippen LogP contribution in [-0.4, -0.2) is 11.1 Å². The third-order valence-electron chi connectivity index (χ3n) is 3.90. The lowest BCUT2D eigenvalue weighted by Crippen LogP contribution is -2.19. The fourth-order valence-electron chi connectivity index (χ4n) is 2.49. The Hall–Kier alpha value is -2.00. The average molecular weight is 288 g/mol. The van der Waals surface area contributed by atoms with Gasteiger partial charge < -0.3 is 10.8 Å². The first kappa shape index (κ1) is 13.0. The van der Waals surface area contributed by atoms with Crippen molar-refractivity contribution in [3.05, 3.63) is 53.1 Å². The molecule has 102 valence electrons. The van der Waals surface area contributed by atoms with Gasteiger partial charge in [0.1, 0.15) is 0 Å². The van der Waals surface area contributed by atoms with Gasteiger partial charge in [0.25, 0.3) is 0 Å². The summed E-state index contributed by atoms with van der Waals surface area (Å²) in [5, 5.41) is 9.88. The summed E-state index contributed by atoms with van der Waals surface area (Å²) in [6.45, 7) is 0. The van der Waals surface area contributed by atoms with Crippen molar-refractivity contribution in [3.63, 3.8) is 0 Å². The van der Waals surface area contributed by atoms with Crippen LogP contribution in [0, 0.1) is 0 Å². The number of carbonyl (C=O) groups is 1. The molecule has 0 radical (unpaired) electrons. The summed E-state index contributed by atoms with van der Waals surface area (Å²) in [6.07, 6.45) is 1.43. The highest BCUT2D eigenvalue weighted by atomic mass is 35.5. The molecule has 2 aromatic rings. The fourth-order valence-corrected chi connectivity index (χ4v) is 2.78. The van der Waals surface area contributed by atoms with Crippen molar-refractivity contribution >= 4 is 23.3 Å². The minimum atomic E-state index is -0.740. The number of aliphatic carboxylic acids is 1. The average Bonchev–Trinajstić information content (AvgIpc) is 3.20. The van der Waals surface area contributed by atoms with Crippen LogP contribution in [0.4, 0.5) is 5.69 Å². The first-order valence-corrected chi connectivity index (χ1v) is 6.80. The van der Waals surface area contributed by atoms with E-state index in [0.29, 0.717) is 23.6 Å². The molecule has 0 aliphatic heterocycles. The lowest BCUT2D eigenvalue weighted by molar-refractivity contribution is -0.140. The van der Waals surface area contributed by atoms with Gasteiger partial charge in [-0.05, 0) is 36.1 Å². The number of carboxylic acid groups (broad SMARTS) is 1. The van der Waals surface area contributed by atoms with Gasteiger partial charge >= 0.3 is 5.97 Å².